The van der Waals surface area contributed by atoms with Crippen molar-refractivity contribution in [2.24, 2.45) is 0 Å². The molecular formula is C24H31FN6O4S. The number of fused-ring (bicyclic) bond motifs is 1. The molecule has 0 aliphatic heterocycles. The van der Waals surface area contributed by atoms with Crippen LogP contribution in [0.15, 0.2) is 23.4 Å². The van der Waals surface area contributed by atoms with Gasteiger partial charge in [0, 0.05) is 33.6 Å². The molecule has 36 heavy (non-hydrogen) atoms. The summed E-state index contributed by atoms with van der Waals surface area (Å²) in [4.78, 5) is 8.39. The number of halogens is 1. The Labute approximate surface area is 229 Å². The van der Waals surface area contributed by atoms with Crippen molar-refractivity contribution in [1.82, 2.24) is 25.0 Å². The summed E-state index contributed by atoms with van der Waals surface area (Å²) in [5, 5.41) is 41.0. The van der Waals surface area contributed by atoms with Gasteiger partial charge in [0.1, 0.15) is 18.0 Å². The fraction of sp³-hybridized carbons (Fsp3) is 0.583. The lowest BCUT2D eigenvalue weighted by molar-refractivity contribution is -0.0629. The molecular weight excluding hydrogens is 487 g/mol. The summed E-state index contributed by atoms with van der Waals surface area (Å²) >= 11 is 0.215. The Balaban J connectivity index is 1.59. The first-order valence-corrected chi connectivity index (χ1v) is 11.6. The van der Waals surface area contributed by atoms with Gasteiger partial charge in [0.2, 0.25) is 0 Å². The number of thioether (sulfide) groups is 1. The third-order valence-corrected chi connectivity index (χ3v) is 6.53. The number of aliphatic hydroxyl groups excluding tert-OH is 2. The summed E-state index contributed by atoms with van der Waals surface area (Å²) in [6.07, 6.45) is -10.8. The van der Waals surface area contributed by atoms with Crippen LogP contribution in [0.25, 0.3) is 11.2 Å². The van der Waals surface area contributed by atoms with Gasteiger partial charge in [-0.15, -0.1) is 5.10 Å². The number of hydrogen-bond donors (Lipinski definition) is 4. The van der Waals surface area contributed by atoms with Crippen LogP contribution in [0.3, 0.4) is 0 Å². The molecule has 10 nitrogen and oxygen atoms in total. The zero-order valence-corrected chi connectivity index (χ0v) is 19.8. The average Bonchev–Trinajstić information content (AvgIpc) is 3.30. The van der Waals surface area contributed by atoms with Gasteiger partial charge in [0.15, 0.2) is 22.1 Å². The maximum atomic E-state index is 14.5. The van der Waals surface area contributed by atoms with Gasteiger partial charge in [-0.25, -0.2) is 19.0 Å². The Morgan fingerprint density at radius 1 is 1.36 bits per heavy atom. The van der Waals surface area contributed by atoms with E-state index < -0.39 is 91.0 Å². The number of benzene rings is 1. The molecule has 5 rings (SSSR count). The quantitative estimate of drug-likeness (QED) is 0.228. The molecule has 0 bridgehead atoms. The normalized spacial score (nSPS) is 39.6. The predicted octanol–water partition coefficient (Wildman–Crippen LogP) is 2.18. The van der Waals surface area contributed by atoms with Crippen molar-refractivity contribution in [3.63, 3.8) is 0 Å². The van der Waals surface area contributed by atoms with Crippen LogP contribution in [0.4, 0.5) is 10.2 Å². The minimum absolute atomic E-state index is 0.168. The second kappa shape index (κ2) is 10.5. The van der Waals surface area contributed by atoms with E-state index >= 15 is 0 Å². The van der Waals surface area contributed by atoms with Gasteiger partial charge in [-0.05, 0) is 36.9 Å². The van der Waals surface area contributed by atoms with Crippen LogP contribution in [0, 0.1) is 12.7 Å². The van der Waals surface area contributed by atoms with Crippen LogP contribution >= 0.6 is 11.8 Å². The number of aromatic nitrogens is 5. The lowest BCUT2D eigenvalue weighted by Crippen LogP contribution is -2.33. The lowest BCUT2D eigenvalue weighted by Gasteiger charge is -2.17. The highest BCUT2D eigenvalue weighted by Gasteiger charge is 2.45. The number of anilines is 1. The molecule has 6 atom stereocenters. The van der Waals surface area contributed by atoms with Gasteiger partial charge in [0.05, 0.1) is 32.1 Å². The largest absolute Gasteiger partial charge is 0.394 e. The molecule has 0 radical (unpaired) electrons. The third kappa shape index (κ3) is 4.92. The number of aryl methyl sites for hydroxylation is 1. The fourth-order valence-corrected chi connectivity index (χ4v) is 4.42. The summed E-state index contributed by atoms with van der Waals surface area (Å²) in [6, 6.07) is -0.280. The van der Waals surface area contributed by atoms with Crippen LogP contribution in [0.1, 0.15) is 65.6 Å². The smallest absolute Gasteiger partial charge is 0.191 e. The number of nitrogens with one attached hydrogen (secondary N) is 1. The second-order valence-corrected chi connectivity index (χ2v) is 8.91. The highest BCUT2D eigenvalue weighted by Crippen LogP contribution is 2.44. The molecule has 3 aromatic rings. The van der Waals surface area contributed by atoms with Crippen LogP contribution in [-0.4, -0.2) is 83.4 Å². The number of ether oxygens (including phenoxy) is 1. The van der Waals surface area contributed by atoms with Gasteiger partial charge in [0.25, 0.3) is 0 Å². The van der Waals surface area contributed by atoms with Crippen molar-refractivity contribution < 1.29 is 40.9 Å². The van der Waals surface area contributed by atoms with Crippen molar-refractivity contribution >= 4 is 28.7 Å². The van der Waals surface area contributed by atoms with E-state index in [4.69, 9.17) is 21.2 Å². The van der Waals surface area contributed by atoms with Crippen molar-refractivity contribution in [3.8, 4) is 0 Å². The summed E-state index contributed by atoms with van der Waals surface area (Å²) in [5.41, 5.74) is -3.20. The van der Waals surface area contributed by atoms with Gasteiger partial charge in [-0.2, -0.15) is 0 Å². The molecule has 0 amide bonds. The molecule has 1 aromatic carbocycles. The molecule has 2 fully saturated rings. The first kappa shape index (κ1) is 14.5. The van der Waals surface area contributed by atoms with Crippen LogP contribution in [0.5, 0.6) is 0 Å². The molecule has 0 spiro atoms. The Morgan fingerprint density at radius 2 is 2.19 bits per heavy atom. The van der Waals surface area contributed by atoms with E-state index in [-0.39, 0.29) is 34.1 Å². The van der Waals surface area contributed by atoms with Crippen LogP contribution < -0.4 is 5.32 Å². The highest BCUT2D eigenvalue weighted by molar-refractivity contribution is 7.99. The molecule has 2 saturated carbocycles. The summed E-state index contributed by atoms with van der Waals surface area (Å²) < 4.78 is 118. The lowest BCUT2D eigenvalue weighted by atomic mass is 10.1. The van der Waals surface area contributed by atoms with Crippen molar-refractivity contribution in [2.75, 3.05) is 24.1 Å². The van der Waals surface area contributed by atoms with Crippen molar-refractivity contribution in [1.29, 1.82) is 0 Å². The molecule has 12 heteroatoms. The van der Waals surface area contributed by atoms with E-state index in [0.29, 0.717) is 0 Å². The van der Waals surface area contributed by atoms with Crippen molar-refractivity contribution in [3.05, 3.63) is 35.1 Å². The van der Waals surface area contributed by atoms with E-state index in [0.717, 1.165) is 17.7 Å². The summed E-state index contributed by atoms with van der Waals surface area (Å²) in [7, 11) is 0. The predicted molar refractivity (Wildman–Crippen MR) is 133 cm³/mol. The zero-order chi connectivity index (χ0) is 36.2. The third-order valence-electron chi connectivity index (χ3n) is 5.86. The number of hydrogen-bond acceptors (Lipinski definition) is 10. The maximum Gasteiger partial charge on any atom is 0.191 e. The standard InChI is InChI=1S/C24H31FN6O4S/c1-3-8-36-24-27-22(26-16-10-14(16)13-5-4-12(2)15(25)9-13)19-23(28-24)31(30-29-19)17-11-18(35-7-6-32)21(34)20(17)33/h4-5,9,14,16-18,20-21,32-34H,3,6-8,10-11H2,1-2H3,(H,26,27,28)/t14-,16+,17+,18-,20-,21+/m0/s1/i3D2,6D2,7D2,8D2,10D2,14D,16D. The molecule has 0 saturated heterocycles. The van der Waals surface area contributed by atoms with E-state index in [2.05, 4.69) is 25.6 Å². The van der Waals surface area contributed by atoms with E-state index in [1.54, 1.807) is 0 Å². The number of nitrogens with zero attached hydrogens (tertiary/aromatic N) is 5. The van der Waals surface area contributed by atoms with Crippen LogP contribution in [-0.2, 0) is 4.74 Å². The zero-order valence-electron chi connectivity index (χ0n) is 31.0. The second-order valence-electron chi connectivity index (χ2n) is 8.13. The highest BCUT2D eigenvalue weighted by atomic mass is 32.2. The Bertz CT molecular complexity index is 1750. The summed E-state index contributed by atoms with van der Waals surface area (Å²) in [6.45, 7) is -4.37. The van der Waals surface area contributed by atoms with Gasteiger partial charge in [-0.3, -0.25) is 0 Å². The van der Waals surface area contributed by atoms with Gasteiger partial charge in [-0.1, -0.05) is 36.0 Å². The minimum atomic E-state index is -3.49. The van der Waals surface area contributed by atoms with E-state index in [1.165, 1.54) is 19.1 Å². The van der Waals surface area contributed by atoms with E-state index in [9.17, 15) is 19.7 Å². The Hall–Kier alpha value is -2.38. The maximum absolute atomic E-state index is 14.5. The first-order chi connectivity index (χ1) is 21.7. The number of rotatable bonds is 10. The molecule has 4 N–H and O–H groups in total. The molecule has 2 aliphatic carbocycles. The minimum Gasteiger partial charge on any atom is -0.394 e. The Kier molecular flexibility index (Phi) is 4.25. The topological polar surface area (TPSA) is 138 Å². The fourth-order valence-electron chi connectivity index (χ4n) is 3.96. The van der Waals surface area contributed by atoms with Crippen LogP contribution in [0.2, 0.25) is 0 Å². The molecule has 2 heterocycles. The monoisotopic (exact) mass is 530 g/mol. The Morgan fingerprint density at radius 3 is 2.94 bits per heavy atom. The molecule has 0 unspecified atom stereocenters. The van der Waals surface area contributed by atoms with Crippen molar-refractivity contribution in [2.45, 2.75) is 74.4 Å². The summed E-state index contributed by atoms with van der Waals surface area (Å²) in [5.74, 6) is -3.58. The molecule has 2 aromatic heterocycles. The van der Waals surface area contributed by atoms with Gasteiger partial charge >= 0.3 is 0 Å². The van der Waals surface area contributed by atoms with E-state index in [1.807, 2.05) is 0 Å². The molecule has 194 valence electrons. The number of aliphatic hydroxyl groups is 3. The molecule has 2 aliphatic rings. The first-order valence-electron chi connectivity index (χ1n) is 16.8. The SMILES string of the molecule is [2H]C([2H])(C)C([2H])([2H])Sc1nc(N[C@]2([2H])C([2H])([2H])[C@@]2([2H])c2ccc(C)c(F)c2)c2nnn([C@@H]3C[C@H](OC([2H])([2H])C([2H])([2H])O)[C@@H](O)[C@H]3O)c2n1. The average molecular weight is 531 g/mol. The van der Waals surface area contributed by atoms with Gasteiger partial charge < -0.3 is 25.4 Å².